The van der Waals surface area contributed by atoms with E-state index in [9.17, 15) is 9.59 Å². The van der Waals surface area contributed by atoms with E-state index in [1.54, 1.807) is 36.7 Å². The number of hydrogen-bond donors (Lipinski definition) is 1. The Hall–Kier alpha value is -3.81. The lowest BCUT2D eigenvalue weighted by atomic mass is 9.88. The molecule has 2 amide bonds. The van der Waals surface area contributed by atoms with Gasteiger partial charge in [-0.3, -0.25) is 14.6 Å². The highest BCUT2D eigenvalue weighted by Crippen LogP contribution is 2.30. The van der Waals surface area contributed by atoms with Crippen LogP contribution in [0.3, 0.4) is 0 Å². The van der Waals surface area contributed by atoms with Gasteiger partial charge in [0.25, 0.3) is 5.91 Å². The number of carbonyl (C=O) groups is 2. The van der Waals surface area contributed by atoms with E-state index in [0.717, 1.165) is 37.1 Å². The van der Waals surface area contributed by atoms with Crippen molar-refractivity contribution >= 4 is 17.8 Å². The third-order valence-corrected chi connectivity index (χ3v) is 6.51. The molecule has 0 saturated carbocycles. The molecule has 1 fully saturated rings. The fourth-order valence-electron chi connectivity index (χ4n) is 4.51. The number of rotatable bonds is 7. The molecule has 35 heavy (non-hydrogen) atoms. The molecule has 8 nitrogen and oxygen atoms in total. The average molecular weight is 473 g/mol. The molecular formula is C27H32N6O2. The van der Waals surface area contributed by atoms with Gasteiger partial charge in [0, 0.05) is 58.4 Å². The van der Waals surface area contributed by atoms with Crippen molar-refractivity contribution in [3.8, 4) is 0 Å². The summed E-state index contributed by atoms with van der Waals surface area (Å²) < 4.78 is 0. The summed E-state index contributed by atoms with van der Waals surface area (Å²) >= 11 is 0. The first-order valence-electron chi connectivity index (χ1n) is 12.0. The first-order chi connectivity index (χ1) is 16.9. The largest absolute Gasteiger partial charge is 0.350 e. The summed E-state index contributed by atoms with van der Waals surface area (Å²) in [6.07, 6.45) is 8.71. The van der Waals surface area contributed by atoms with Gasteiger partial charge in [-0.1, -0.05) is 24.3 Å². The van der Waals surface area contributed by atoms with E-state index in [1.807, 2.05) is 19.1 Å². The second-order valence-corrected chi connectivity index (χ2v) is 9.14. The Morgan fingerprint density at radius 2 is 1.69 bits per heavy atom. The van der Waals surface area contributed by atoms with Crippen LogP contribution in [-0.4, -0.2) is 51.8 Å². The highest BCUT2D eigenvalue weighted by molar-refractivity contribution is 5.93. The topological polar surface area (TPSA) is 91.3 Å². The van der Waals surface area contributed by atoms with Crippen molar-refractivity contribution in [1.82, 2.24) is 25.2 Å². The molecule has 1 aromatic carbocycles. The molecule has 0 bridgehead atoms. The maximum atomic E-state index is 12.8. The number of piperidine rings is 1. The van der Waals surface area contributed by atoms with E-state index in [1.165, 1.54) is 12.5 Å². The Morgan fingerprint density at radius 1 is 1.06 bits per heavy atom. The Labute approximate surface area is 206 Å². The zero-order valence-electron chi connectivity index (χ0n) is 20.5. The van der Waals surface area contributed by atoms with Gasteiger partial charge in [-0.15, -0.1) is 0 Å². The average Bonchev–Trinajstić information content (AvgIpc) is 2.89. The number of anilines is 1. The number of pyridine rings is 1. The zero-order chi connectivity index (χ0) is 24.8. The van der Waals surface area contributed by atoms with Gasteiger partial charge in [0.05, 0.1) is 11.6 Å². The molecule has 1 aliphatic rings. The molecule has 0 aliphatic carbocycles. The van der Waals surface area contributed by atoms with Crippen molar-refractivity contribution in [3.05, 3.63) is 83.4 Å². The lowest BCUT2D eigenvalue weighted by molar-refractivity contribution is -0.119. The molecule has 8 heteroatoms. The molecule has 1 N–H and O–H groups in total. The maximum absolute atomic E-state index is 12.8. The second-order valence-electron chi connectivity index (χ2n) is 9.14. The third-order valence-electron chi connectivity index (χ3n) is 6.51. The lowest BCUT2D eigenvalue weighted by Crippen LogP contribution is -2.34. The normalized spacial score (nSPS) is 14.9. The van der Waals surface area contributed by atoms with E-state index >= 15 is 0 Å². The van der Waals surface area contributed by atoms with E-state index in [0.29, 0.717) is 24.0 Å². The van der Waals surface area contributed by atoms with Crippen molar-refractivity contribution in [2.45, 2.75) is 45.2 Å². The van der Waals surface area contributed by atoms with Crippen LogP contribution in [0.1, 0.15) is 65.7 Å². The number of nitrogens with one attached hydrogen (secondary N) is 1. The first kappa shape index (κ1) is 24.3. The Bertz CT molecular complexity index is 1130. The van der Waals surface area contributed by atoms with Crippen LogP contribution in [0.5, 0.6) is 0 Å². The molecule has 1 unspecified atom stereocenters. The molecule has 4 rings (SSSR count). The van der Waals surface area contributed by atoms with Gasteiger partial charge < -0.3 is 15.1 Å². The SMILES string of the molecule is CC(=O)NC(C)c1ccc(C2CCN(c3ncc(C(=O)N(C)Cc4ccncc4)cn3)CC2)cc1. The minimum Gasteiger partial charge on any atom is -0.350 e. The van der Waals surface area contributed by atoms with Crippen LogP contribution in [0.4, 0.5) is 5.95 Å². The highest BCUT2D eigenvalue weighted by Gasteiger charge is 2.23. The summed E-state index contributed by atoms with van der Waals surface area (Å²) in [5.74, 6) is 1.02. The second kappa shape index (κ2) is 11.1. The van der Waals surface area contributed by atoms with Crippen molar-refractivity contribution < 1.29 is 9.59 Å². The zero-order valence-corrected chi connectivity index (χ0v) is 20.5. The molecule has 3 heterocycles. The van der Waals surface area contributed by atoms with Gasteiger partial charge in [0.1, 0.15) is 0 Å². The van der Waals surface area contributed by atoms with Crippen LogP contribution in [0, 0.1) is 0 Å². The van der Waals surface area contributed by atoms with Crippen molar-refractivity contribution in [2.75, 3.05) is 25.0 Å². The van der Waals surface area contributed by atoms with E-state index in [-0.39, 0.29) is 17.9 Å². The predicted molar refractivity (Wildman–Crippen MR) is 135 cm³/mol. The number of carbonyl (C=O) groups excluding carboxylic acids is 2. The van der Waals surface area contributed by atoms with Gasteiger partial charge in [0.2, 0.25) is 11.9 Å². The monoisotopic (exact) mass is 472 g/mol. The molecule has 3 aromatic rings. The molecule has 0 spiro atoms. The number of aromatic nitrogens is 3. The minimum absolute atomic E-state index is 0.00539. The maximum Gasteiger partial charge on any atom is 0.257 e. The number of amides is 2. The van der Waals surface area contributed by atoms with Crippen LogP contribution in [0.25, 0.3) is 0 Å². The minimum atomic E-state index is -0.108. The molecule has 1 saturated heterocycles. The Morgan fingerprint density at radius 3 is 2.29 bits per heavy atom. The van der Waals surface area contributed by atoms with E-state index in [4.69, 9.17) is 0 Å². The molecule has 2 aromatic heterocycles. The first-order valence-corrected chi connectivity index (χ1v) is 12.0. The van der Waals surface area contributed by atoms with Crippen molar-refractivity contribution in [2.24, 2.45) is 0 Å². The van der Waals surface area contributed by atoms with Crippen molar-refractivity contribution in [1.29, 1.82) is 0 Å². The quantitative estimate of drug-likeness (QED) is 0.564. The van der Waals surface area contributed by atoms with Gasteiger partial charge >= 0.3 is 0 Å². The number of benzene rings is 1. The van der Waals surface area contributed by atoms with Gasteiger partial charge in [0.15, 0.2) is 0 Å². The molecule has 182 valence electrons. The molecule has 1 atom stereocenters. The van der Waals surface area contributed by atoms with Crippen LogP contribution >= 0.6 is 0 Å². The van der Waals surface area contributed by atoms with Crippen LogP contribution < -0.4 is 10.2 Å². The number of nitrogens with zero attached hydrogens (tertiary/aromatic N) is 5. The van der Waals surface area contributed by atoms with Gasteiger partial charge in [-0.05, 0) is 54.5 Å². The van der Waals surface area contributed by atoms with E-state index in [2.05, 4.69) is 49.4 Å². The molecule has 0 radical (unpaired) electrons. The lowest BCUT2D eigenvalue weighted by Gasteiger charge is -2.32. The summed E-state index contributed by atoms with van der Waals surface area (Å²) in [4.78, 5) is 40.9. The van der Waals surface area contributed by atoms with E-state index < -0.39 is 0 Å². The summed E-state index contributed by atoms with van der Waals surface area (Å²) in [5, 5.41) is 2.92. The van der Waals surface area contributed by atoms with Crippen molar-refractivity contribution in [3.63, 3.8) is 0 Å². The van der Waals surface area contributed by atoms with Gasteiger partial charge in [-0.25, -0.2) is 9.97 Å². The molecule has 1 aliphatic heterocycles. The standard InChI is InChI=1S/C27H32N6O2/c1-19(31-20(2)34)22-4-6-23(7-5-22)24-10-14-33(15-11-24)27-29-16-25(17-30-27)26(35)32(3)18-21-8-12-28-13-9-21/h4-9,12-13,16-17,19,24H,10-11,14-15,18H2,1-3H3,(H,31,34). The number of hydrogen-bond acceptors (Lipinski definition) is 6. The smallest absolute Gasteiger partial charge is 0.257 e. The third kappa shape index (κ3) is 6.20. The molecular weight excluding hydrogens is 440 g/mol. The fourth-order valence-corrected chi connectivity index (χ4v) is 4.51. The highest BCUT2D eigenvalue weighted by atomic mass is 16.2. The Kier molecular flexibility index (Phi) is 7.70. The summed E-state index contributed by atoms with van der Waals surface area (Å²) in [6, 6.07) is 12.4. The summed E-state index contributed by atoms with van der Waals surface area (Å²) in [6.45, 7) is 5.76. The summed E-state index contributed by atoms with van der Waals surface area (Å²) in [5.41, 5.74) is 3.93. The predicted octanol–water partition coefficient (Wildman–Crippen LogP) is 3.72. The van der Waals surface area contributed by atoms with Crippen LogP contribution in [0.15, 0.2) is 61.2 Å². The van der Waals surface area contributed by atoms with Crippen LogP contribution in [-0.2, 0) is 11.3 Å². The Balaban J connectivity index is 1.31. The summed E-state index contributed by atoms with van der Waals surface area (Å²) in [7, 11) is 1.77. The van der Waals surface area contributed by atoms with Crippen LogP contribution in [0.2, 0.25) is 0 Å². The van der Waals surface area contributed by atoms with Gasteiger partial charge in [-0.2, -0.15) is 0 Å². The fraction of sp³-hybridized carbons (Fsp3) is 0.370.